The van der Waals surface area contributed by atoms with E-state index >= 15 is 0 Å². The molecule has 0 aromatic heterocycles. The zero-order valence-electron chi connectivity index (χ0n) is 6.69. The molecule has 3 N–H and O–H groups in total. The van der Waals surface area contributed by atoms with Crippen molar-refractivity contribution in [3.8, 4) is 0 Å². The van der Waals surface area contributed by atoms with Crippen LogP contribution in [0.4, 0.5) is 0 Å². The SMILES string of the molecule is O=C(O)CC(CS(=O)(=O)O)S(=O)(=O)O. The van der Waals surface area contributed by atoms with E-state index in [9.17, 15) is 21.6 Å². The lowest BCUT2D eigenvalue weighted by atomic mass is 10.3. The minimum Gasteiger partial charge on any atom is -0.481 e. The van der Waals surface area contributed by atoms with Gasteiger partial charge >= 0.3 is 5.97 Å². The van der Waals surface area contributed by atoms with E-state index in [0.717, 1.165) is 0 Å². The molecule has 0 aromatic carbocycles. The summed E-state index contributed by atoms with van der Waals surface area (Å²) >= 11 is 0. The molecule has 0 rings (SSSR count). The summed E-state index contributed by atoms with van der Waals surface area (Å²) in [6.45, 7) is 0. The molecule has 0 saturated carbocycles. The summed E-state index contributed by atoms with van der Waals surface area (Å²) in [4.78, 5) is 10.1. The zero-order valence-corrected chi connectivity index (χ0v) is 8.32. The predicted octanol–water partition coefficient (Wildman–Crippen LogP) is -1.39. The van der Waals surface area contributed by atoms with Crippen LogP contribution in [-0.2, 0) is 25.0 Å². The highest BCUT2D eigenvalue weighted by molar-refractivity contribution is 7.90. The number of carboxylic acids is 1. The second-order valence-electron chi connectivity index (χ2n) is 2.48. The van der Waals surface area contributed by atoms with Crippen LogP contribution in [0, 0.1) is 0 Å². The molecule has 0 bridgehead atoms. The van der Waals surface area contributed by atoms with Gasteiger partial charge < -0.3 is 5.11 Å². The normalized spacial score (nSPS) is 15.0. The maximum Gasteiger partial charge on any atom is 0.304 e. The minimum atomic E-state index is -4.81. The molecule has 14 heavy (non-hydrogen) atoms. The van der Waals surface area contributed by atoms with Gasteiger partial charge in [-0.25, -0.2) is 0 Å². The average molecular weight is 248 g/mol. The Kier molecular flexibility index (Phi) is 4.00. The Morgan fingerprint density at radius 3 is 1.79 bits per heavy atom. The molecule has 8 nitrogen and oxygen atoms in total. The summed E-state index contributed by atoms with van der Waals surface area (Å²) in [6, 6.07) is 0. The molecule has 1 unspecified atom stereocenters. The standard InChI is InChI=1S/C4H8O8S2/c5-4(6)1-3(14(10,11)12)2-13(7,8)9/h3H,1-2H2,(H,5,6)(H,7,8,9)(H,10,11,12). The molecular weight excluding hydrogens is 240 g/mol. The highest BCUT2D eigenvalue weighted by atomic mass is 32.2. The van der Waals surface area contributed by atoms with Crippen LogP contribution in [0.3, 0.4) is 0 Å². The van der Waals surface area contributed by atoms with Gasteiger partial charge in [0.05, 0.1) is 12.2 Å². The van der Waals surface area contributed by atoms with Gasteiger partial charge in [-0.1, -0.05) is 0 Å². The van der Waals surface area contributed by atoms with Gasteiger partial charge in [-0.15, -0.1) is 0 Å². The third-order valence-electron chi connectivity index (χ3n) is 1.22. The van der Waals surface area contributed by atoms with Gasteiger partial charge in [0.1, 0.15) is 5.25 Å². The second-order valence-corrected chi connectivity index (χ2v) is 5.68. The van der Waals surface area contributed by atoms with Crippen molar-refractivity contribution in [3.63, 3.8) is 0 Å². The lowest BCUT2D eigenvalue weighted by molar-refractivity contribution is -0.136. The summed E-state index contributed by atoms with van der Waals surface area (Å²) < 4.78 is 58.1. The van der Waals surface area contributed by atoms with E-state index in [2.05, 4.69) is 0 Å². The fourth-order valence-electron chi connectivity index (χ4n) is 0.680. The lowest BCUT2D eigenvalue weighted by Gasteiger charge is -2.08. The van der Waals surface area contributed by atoms with Gasteiger partial charge in [0.2, 0.25) is 0 Å². The van der Waals surface area contributed by atoms with E-state index < -0.39 is 43.6 Å². The van der Waals surface area contributed by atoms with E-state index in [4.69, 9.17) is 14.2 Å². The minimum absolute atomic E-state index is 1.10. The first-order valence-corrected chi connectivity index (χ1v) is 6.27. The Morgan fingerprint density at radius 1 is 1.14 bits per heavy atom. The van der Waals surface area contributed by atoms with Crippen molar-refractivity contribution in [1.82, 2.24) is 0 Å². The fourth-order valence-corrected chi connectivity index (χ4v) is 2.82. The maximum atomic E-state index is 10.5. The van der Waals surface area contributed by atoms with Gasteiger partial charge in [0.25, 0.3) is 20.2 Å². The van der Waals surface area contributed by atoms with E-state index in [1.54, 1.807) is 0 Å². The van der Waals surface area contributed by atoms with Crippen molar-refractivity contribution in [2.24, 2.45) is 0 Å². The molecule has 1 atom stereocenters. The molecule has 0 amide bonds. The Bertz CT molecular complexity index is 403. The van der Waals surface area contributed by atoms with Gasteiger partial charge in [-0.2, -0.15) is 16.8 Å². The molecule has 0 aliphatic carbocycles. The number of hydrogen-bond acceptors (Lipinski definition) is 5. The number of carbonyl (C=O) groups is 1. The number of hydrogen-bond donors (Lipinski definition) is 3. The molecular formula is C4H8O8S2. The first-order valence-electron chi connectivity index (χ1n) is 3.15. The smallest absolute Gasteiger partial charge is 0.304 e. The molecule has 84 valence electrons. The Balaban J connectivity index is 4.86. The summed E-state index contributed by atoms with van der Waals surface area (Å²) in [5, 5.41) is 6.13. The van der Waals surface area contributed by atoms with Gasteiger partial charge in [0.15, 0.2) is 0 Å². The fraction of sp³-hybridized carbons (Fsp3) is 0.750. The lowest BCUT2D eigenvalue weighted by Crippen LogP contribution is -2.31. The quantitative estimate of drug-likeness (QED) is 0.503. The molecule has 10 heteroatoms. The molecule has 0 aliphatic rings. The third-order valence-corrected chi connectivity index (χ3v) is 3.43. The van der Waals surface area contributed by atoms with Gasteiger partial charge in [-0.3, -0.25) is 13.9 Å². The summed E-state index contributed by atoms with van der Waals surface area (Å²) in [6.07, 6.45) is -1.10. The van der Waals surface area contributed by atoms with Crippen molar-refractivity contribution < 1.29 is 35.8 Å². The molecule has 0 fully saturated rings. The molecule has 0 spiro atoms. The third kappa shape index (κ3) is 5.85. The second kappa shape index (κ2) is 4.21. The number of aliphatic carboxylic acids is 1. The predicted molar refractivity (Wildman–Crippen MR) is 44.0 cm³/mol. The van der Waals surface area contributed by atoms with Crippen molar-refractivity contribution >= 4 is 26.2 Å². The highest BCUT2D eigenvalue weighted by Crippen LogP contribution is 2.07. The molecule has 0 radical (unpaired) electrons. The van der Waals surface area contributed by atoms with Crippen LogP contribution in [0.5, 0.6) is 0 Å². The van der Waals surface area contributed by atoms with Gasteiger partial charge in [0, 0.05) is 0 Å². The molecule has 0 aliphatic heterocycles. The monoisotopic (exact) mass is 248 g/mol. The van der Waals surface area contributed by atoms with Crippen molar-refractivity contribution in [2.75, 3.05) is 5.75 Å². The topological polar surface area (TPSA) is 146 Å². The first-order chi connectivity index (χ1) is 6.02. The maximum absolute atomic E-state index is 10.5. The van der Waals surface area contributed by atoms with E-state index in [1.807, 2.05) is 0 Å². The summed E-state index contributed by atoms with van der Waals surface area (Å²) in [5.41, 5.74) is 0. The summed E-state index contributed by atoms with van der Waals surface area (Å²) in [5.74, 6) is -2.95. The van der Waals surface area contributed by atoms with E-state index in [-0.39, 0.29) is 0 Å². The first kappa shape index (κ1) is 13.3. The Hall–Kier alpha value is -0.710. The van der Waals surface area contributed by atoms with Gasteiger partial charge in [-0.05, 0) is 0 Å². The number of carboxylic acid groups (broad SMARTS) is 1. The van der Waals surface area contributed by atoms with E-state index in [1.165, 1.54) is 0 Å². The zero-order chi connectivity index (χ0) is 11.6. The van der Waals surface area contributed by atoms with Crippen molar-refractivity contribution in [1.29, 1.82) is 0 Å². The molecule has 0 saturated heterocycles. The highest BCUT2D eigenvalue weighted by Gasteiger charge is 2.30. The van der Waals surface area contributed by atoms with Crippen LogP contribution in [-0.4, -0.2) is 48.0 Å². The van der Waals surface area contributed by atoms with Crippen LogP contribution >= 0.6 is 0 Å². The Labute approximate surface area is 80.0 Å². The van der Waals surface area contributed by atoms with Crippen LogP contribution < -0.4 is 0 Å². The average Bonchev–Trinajstić information content (AvgIpc) is 1.78. The van der Waals surface area contributed by atoms with Crippen molar-refractivity contribution in [2.45, 2.75) is 11.7 Å². The Morgan fingerprint density at radius 2 is 1.57 bits per heavy atom. The van der Waals surface area contributed by atoms with Crippen molar-refractivity contribution in [3.05, 3.63) is 0 Å². The number of rotatable bonds is 5. The molecule has 0 heterocycles. The van der Waals surface area contributed by atoms with Crippen LogP contribution in [0.2, 0.25) is 0 Å². The van der Waals surface area contributed by atoms with Crippen LogP contribution in [0.25, 0.3) is 0 Å². The van der Waals surface area contributed by atoms with Crippen LogP contribution in [0.15, 0.2) is 0 Å². The van der Waals surface area contributed by atoms with Crippen LogP contribution in [0.1, 0.15) is 6.42 Å². The summed E-state index contributed by atoms with van der Waals surface area (Å²) in [7, 11) is -9.47. The largest absolute Gasteiger partial charge is 0.481 e. The van der Waals surface area contributed by atoms with E-state index in [0.29, 0.717) is 0 Å². The molecule has 0 aromatic rings.